The molecule has 0 bridgehead atoms. The van der Waals surface area contributed by atoms with E-state index in [9.17, 15) is 4.79 Å². The maximum Gasteiger partial charge on any atom is 0.251 e. The summed E-state index contributed by atoms with van der Waals surface area (Å²) in [5, 5.41) is 3.15. The summed E-state index contributed by atoms with van der Waals surface area (Å²) in [5.41, 5.74) is 2.68. The van der Waals surface area contributed by atoms with Crippen molar-refractivity contribution in [3.05, 3.63) is 47.3 Å². The summed E-state index contributed by atoms with van der Waals surface area (Å²) in [5.74, 6) is 1.40. The molecular weight excluding hydrogens is 368 g/mol. The summed E-state index contributed by atoms with van der Waals surface area (Å²) in [6.45, 7) is 5.74. The number of hydrogen-bond acceptors (Lipinski definition) is 6. The molecule has 1 aliphatic heterocycles. The smallest absolute Gasteiger partial charge is 0.251 e. The number of carbonyl (C=O) groups is 1. The number of methoxy groups -OCH3 is 1. The van der Waals surface area contributed by atoms with Crippen LogP contribution < -0.4 is 15.0 Å². The van der Waals surface area contributed by atoms with E-state index >= 15 is 0 Å². The van der Waals surface area contributed by atoms with E-state index < -0.39 is 0 Å². The lowest BCUT2D eigenvalue weighted by Gasteiger charge is -2.36. The lowest BCUT2D eigenvalue weighted by atomic mass is 9.92. The molecule has 3 atom stereocenters. The molecule has 1 aromatic carbocycles. The third-order valence-electron chi connectivity index (χ3n) is 5.53. The van der Waals surface area contributed by atoms with E-state index in [-0.39, 0.29) is 24.2 Å². The highest BCUT2D eigenvalue weighted by molar-refractivity contribution is 5.94. The number of hydrogen-bond donors (Lipinski definition) is 1. The van der Waals surface area contributed by atoms with Gasteiger partial charge in [-0.2, -0.15) is 0 Å². The third kappa shape index (κ3) is 4.34. The van der Waals surface area contributed by atoms with Gasteiger partial charge in [-0.05, 0) is 57.4 Å². The fraction of sp³-hybridized carbons (Fsp3) is 0.500. The van der Waals surface area contributed by atoms with Crippen molar-refractivity contribution in [2.45, 2.75) is 51.4 Å². The Kier molecular flexibility index (Phi) is 5.67. The van der Waals surface area contributed by atoms with Crippen LogP contribution in [0.15, 0.2) is 30.5 Å². The van der Waals surface area contributed by atoms with Crippen LogP contribution in [0.1, 0.15) is 54.3 Å². The van der Waals surface area contributed by atoms with Crippen molar-refractivity contribution in [2.24, 2.45) is 0 Å². The summed E-state index contributed by atoms with van der Waals surface area (Å²) in [6.07, 6.45) is 5.01. The van der Waals surface area contributed by atoms with E-state index in [0.29, 0.717) is 5.56 Å². The van der Waals surface area contributed by atoms with Crippen LogP contribution in [0.5, 0.6) is 5.75 Å². The number of aromatic nitrogens is 2. The summed E-state index contributed by atoms with van der Waals surface area (Å²) in [7, 11) is 1.61. The average Bonchev–Trinajstić information content (AvgIpc) is 2.73. The van der Waals surface area contributed by atoms with Gasteiger partial charge in [0.15, 0.2) is 0 Å². The van der Waals surface area contributed by atoms with E-state index in [0.717, 1.165) is 55.3 Å². The zero-order valence-corrected chi connectivity index (χ0v) is 17.2. The number of carbonyl (C=O) groups excluding carboxylic acids is 1. The van der Waals surface area contributed by atoms with Crippen molar-refractivity contribution in [3.63, 3.8) is 0 Å². The first-order chi connectivity index (χ1) is 14.0. The Balaban J connectivity index is 1.50. The number of amides is 1. The fourth-order valence-corrected chi connectivity index (χ4v) is 4.16. The number of aryl methyl sites for hydroxylation is 1. The van der Waals surface area contributed by atoms with Gasteiger partial charge in [-0.15, -0.1) is 0 Å². The first kappa shape index (κ1) is 19.6. The van der Waals surface area contributed by atoms with Gasteiger partial charge < -0.3 is 19.7 Å². The summed E-state index contributed by atoms with van der Waals surface area (Å²) in [6, 6.07) is 7.08. The second-order valence-electron chi connectivity index (χ2n) is 7.88. The lowest BCUT2D eigenvalue weighted by Crippen LogP contribution is -2.46. The van der Waals surface area contributed by atoms with Crippen molar-refractivity contribution in [1.82, 2.24) is 15.3 Å². The van der Waals surface area contributed by atoms with Crippen molar-refractivity contribution in [3.8, 4) is 5.75 Å². The Labute approximate surface area is 171 Å². The van der Waals surface area contributed by atoms with Crippen molar-refractivity contribution < 1.29 is 14.3 Å². The molecule has 2 aliphatic rings. The van der Waals surface area contributed by atoms with E-state index in [1.165, 1.54) is 0 Å². The van der Waals surface area contributed by atoms with E-state index in [1.54, 1.807) is 31.4 Å². The summed E-state index contributed by atoms with van der Waals surface area (Å²) < 4.78 is 11.0. The summed E-state index contributed by atoms with van der Waals surface area (Å²) >= 11 is 0. The number of ether oxygens (including phenoxy) is 2. The van der Waals surface area contributed by atoms with E-state index in [2.05, 4.69) is 29.0 Å². The molecule has 1 N–H and O–H groups in total. The predicted molar refractivity (Wildman–Crippen MR) is 110 cm³/mol. The molecule has 2 heterocycles. The molecule has 2 aromatic rings. The second-order valence-corrected chi connectivity index (χ2v) is 7.88. The minimum Gasteiger partial charge on any atom is -0.497 e. The third-order valence-corrected chi connectivity index (χ3v) is 5.53. The van der Waals surface area contributed by atoms with Crippen LogP contribution in [0, 0.1) is 0 Å². The molecule has 1 fully saturated rings. The molecule has 0 saturated carbocycles. The minimum atomic E-state index is -0.0922. The predicted octanol–water partition coefficient (Wildman–Crippen LogP) is 2.91. The Bertz CT molecular complexity index is 861. The van der Waals surface area contributed by atoms with Gasteiger partial charge in [0.25, 0.3) is 5.91 Å². The van der Waals surface area contributed by atoms with Crippen LogP contribution in [-0.4, -0.2) is 48.3 Å². The van der Waals surface area contributed by atoms with Crippen LogP contribution in [0.2, 0.25) is 0 Å². The SMILES string of the molecule is COc1ccc(C(=O)N[C@@H]2CCCc3nc(N4C[C@@H](C)O[C@H](C)C4)ncc32)cc1. The number of benzene rings is 1. The standard InChI is InChI=1S/C22H28N4O3/c1-14-12-26(13-15(2)29-14)22-23-11-18-19(5-4-6-20(18)25-22)24-21(27)16-7-9-17(28-3)10-8-16/h7-11,14-15,19H,4-6,12-13H2,1-3H3,(H,24,27)/t14-,15-,19-/m1/s1. The maximum absolute atomic E-state index is 12.7. The zero-order chi connectivity index (χ0) is 20.4. The lowest BCUT2D eigenvalue weighted by molar-refractivity contribution is -0.00574. The molecule has 154 valence electrons. The number of nitrogens with zero attached hydrogens (tertiary/aromatic N) is 3. The first-order valence-corrected chi connectivity index (χ1v) is 10.2. The Morgan fingerprint density at radius 3 is 2.62 bits per heavy atom. The monoisotopic (exact) mass is 396 g/mol. The molecule has 0 radical (unpaired) electrons. The zero-order valence-electron chi connectivity index (χ0n) is 17.2. The van der Waals surface area contributed by atoms with Gasteiger partial charge in [-0.1, -0.05) is 0 Å². The van der Waals surface area contributed by atoms with Crippen LogP contribution in [0.25, 0.3) is 0 Å². The Morgan fingerprint density at radius 1 is 1.21 bits per heavy atom. The van der Waals surface area contributed by atoms with Gasteiger partial charge in [0, 0.05) is 30.4 Å². The average molecular weight is 396 g/mol. The molecule has 1 aliphatic carbocycles. The van der Waals surface area contributed by atoms with Gasteiger partial charge in [-0.25, -0.2) is 9.97 Å². The number of morpholine rings is 1. The molecule has 1 aromatic heterocycles. The number of rotatable bonds is 4. The molecule has 1 saturated heterocycles. The largest absolute Gasteiger partial charge is 0.497 e. The topological polar surface area (TPSA) is 76.6 Å². The van der Waals surface area contributed by atoms with Gasteiger partial charge >= 0.3 is 0 Å². The second kappa shape index (κ2) is 8.37. The molecule has 1 amide bonds. The quantitative estimate of drug-likeness (QED) is 0.856. The minimum absolute atomic E-state index is 0.0649. The molecule has 29 heavy (non-hydrogen) atoms. The first-order valence-electron chi connectivity index (χ1n) is 10.2. The van der Waals surface area contributed by atoms with Crippen LogP contribution in [0.4, 0.5) is 5.95 Å². The van der Waals surface area contributed by atoms with Gasteiger partial charge in [0.05, 0.1) is 31.1 Å². The highest BCUT2D eigenvalue weighted by Crippen LogP contribution is 2.30. The normalized spacial score (nSPS) is 24.0. The molecular formula is C22H28N4O3. The number of nitrogens with one attached hydrogen (secondary N) is 1. The van der Waals surface area contributed by atoms with Crippen molar-refractivity contribution in [2.75, 3.05) is 25.1 Å². The van der Waals surface area contributed by atoms with E-state index in [4.69, 9.17) is 14.5 Å². The van der Waals surface area contributed by atoms with Crippen LogP contribution >= 0.6 is 0 Å². The maximum atomic E-state index is 12.7. The van der Waals surface area contributed by atoms with Gasteiger partial charge in [-0.3, -0.25) is 4.79 Å². The van der Waals surface area contributed by atoms with E-state index in [1.807, 2.05) is 6.20 Å². The number of fused-ring (bicyclic) bond motifs is 1. The summed E-state index contributed by atoms with van der Waals surface area (Å²) in [4.78, 5) is 24.4. The highest BCUT2D eigenvalue weighted by atomic mass is 16.5. The van der Waals surface area contributed by atoms with Gasteiger partial charge in [0.1, 0.15) is 5.75 Å². The van der Waals surface area contributed by atoms with Crippen molar-refractivity contribution >= 4 is 11.9 Å². The molecule has 7 nitrogen and oxygen atoms in total. The molecule has 0 spiro atoms. The Morgan fingerprint density at radius 2 is 1.93 bits per heavy atom. The molecule has 7 heteroatoms. The molecule has 0 unspecified atom stereocenters. The number of anilines is 1. The van der Waals surface area contributed by atoms with Gasteiger partial charge in [0.2, 0.25) is 5.95 Å². The Hall–Kier alpha value is -2.67. The van der Waals surface area contributed by atoms with Crippen LogP contribution in [-0.2, 0) is 11.2 Å². The molecule has 4 rings (SSSR count). The van der Waals surface area contributed by atoms with Crippen molar-refractivity contribution in [1.29, 1.82) is 0 Å². The fourth-order valence-electron chi connectivity index (χ4n) is 4.16. The highest BCUT2D eigenvalue weighted by Gasteiger charge is 2.28. The van der Waals surface area contributed by atoms with Crippen LogP contribution in [0.3, 0.4) is 0 Å².